The SMILES string of the molecule is CCN(CC)S(=O)(=O)c1cc(NC(=O)[C@H](C)Oc2cccc3cccnc23)ccc1C. The number of aromatic nitrogens is 1. The van der Waals surface area contributed by atoms with Gasteiger partial charge in [-0.3, -0.25) is 9.78 Å². The Morgan fingerprint density at radius 3 is 2.55 bits per heavy atom. The molecular weight excluding hydrogens is 414 g/mol. The number of nitrogens with one attached hydrogen (secondary N) is 1. The van der Waals surface area contributed by atoms with Crippen LogP contribution in [-0.4, -0.2) is 42.8 Å². The van der Waals surface area contributed by atoms with Gasteiger partial charge in [-0.05, 0) is 43.7 Å². The van der Waals surface area contributed by atoms with Gasteiger partial charge < -0.3 is 10.1 Å². The third-order valence-electron chi connectivity index (χ3n) is 5.05. The van der Waals surface area contributed by atoms with E-state index >= 15 is 0 Å². The first-order chi connectivity index (χ1) is 14.8. The monoisotopic (exact) mass is 441 g/mol. The molecule has 0 bridgehead atoms. The largest absolute Gasteiger partial charge is 0.479 e. The molecule has 0 unspecified atom stereocenters. The van der Waals surface area contributed by atoms with Gasteiger partial charge in [0.1, 0.15) is 11.3 Å². The first-order valence-electron chi connectivity index (χ1n) is 10.2. The lowest BCUT2D eigenvalue weighted by atomic mass is 10.2. The fourth-order valence-corrected chi connectivity index (χ4v) is 5.03. The maximum absolute atomic E-state index is 12.9. The lowest BCUT2D eigenvalue weighted by Gasteiger charge is -2.21. The zero-order valence-corrected chi connectivity index (χ0v) is 18.9. The Hall–Kier alpha value is -2.97. The van der Waals surface area contributed by atoms with Crippen LogP contribution >= 0.6 is 0 Å². The van der Waals surface area contributed by atoms with Crippen LogP contribution in [0.5, 0.6) is 5.75 Å². The van der Waals surface area contributed by atoms with Gasteiger partial charge in [0, 0.05) is 30.4 Å². The molecule has 3 aromatic rings. The molecule has 0 spiro atoms. The first kappa shape index (κ1) is 22.7. The molecule has 7 nitrogen and oxygen atoms in total. The van der Waals surface area contributed by atoms with Crippen molar-refractivity contribution in [1.82, 2.24) is 9.29 Å². The molecule has 0 fully saturated rings. The van der Waals surface area contributed by atoms with E-state index in [4.69, 9.17) is 4.74 Å². The average molecular weight is 442 g/mol. The van der Waals surface area contributed by atoms with Crippen molar-refractivity contribution in [3.63, 3.8) is 0 Å². The predicted octanol–water partition coefficient (Wildman–Crippen LogP) is 3.98. The van der Waals surface area contributed by atoms with Crippen LogP contribution in [0.4, 0.5) is 5.69 Å². The number of amides is 1. The Morgan fingerprint density at radius 2 is 1.84 bits per heavy atom. The number of fused-ring (bicyclic) bond motifs is 1. The molecular formula is C23H27N3O4S. The number of carbonyl (C=O) groups excluding carboxylic acids is 1. The van der Waals surface area contributed by atoms with Crippen LogP contribution in [-0.2, 0) is 14.8 Å². The van der Waals surface area contributed by atoms with Crippen molar-refractivity contribution >= 4 is 32.5 Å². The van der Waals surface area contributed by atoms with E-state index in [2.05, 4.69) is 10.3 Å². The fraction of sp³-hybridized carbons (Fsp3) is 0.304. The summed E-state index contributed by atoms with van der Waals surface area (Å²) in [6.45, 7) is 7.71. The highest BCUT2D eigenvalue weighted by Crippen LogP contribution is 2.26. The van der Waals surface area contributed by atoms with E-state index in [1.54, 1.807) is 52.1 Å². The summed E-state index contributed by atoms with van der Waals surface area (Å²) in [5.74, 6) is 0.123. The number of para-hydroxylation sites is 1. The predicted molar refractivity (Wildman–Crippen MR) is 122 cm³/mol. The summed E-state index contributed by atoms with van der Waals surface area (Å²) >= 11 is 0. The summed E-state index contributed by atoms with van der Waals surface area (Å²) in [7, 11) is -3.64. The van der Waals surface area contributed by atoms with Crippen LogP contribution in [0, 0.1) is 6.92 Å². The van der Waals surface area contributed by atoms with Crippen LogP contribution in [0.25, 0.3) is 10.9 Å². The molecule has 2 aromatic carbocycles. The molecule has 1 N–H and O–H groups in total. The number of anilines is 1. The smallest absolute Gasteiger partial charge is 0.265 e. The molecule has 0 aliphatic heterocycles. The van der Waals surface area contributed by atoms with Crippen molar-refractivity contribution in [3.8, 4) is 5.75 Å². The molecule has 8 heteroatoms. The van der Waals surface area contributed by atoms with Gasteiger partial charge in [-0.2, -0.15) is 4.31 Å². The van der Waals surface area contributed by atoms with E-state index in [1.165, 1.54) is 10.4 Å². The Morgan fingerprint density at radius 1 is 1.13 bits per heavy atom. The number of aryl methyl sites for hydroxylation is 1. The van der Waals surface area contributed by atoms with Gasteiger partial charge in [-0.25, -0.2) is 8.42 Å². The lowest BCUT2D eigenvalue weighted by Crippen LogP contribution is -2.32. The minimum Gasteiger partial charge on any atom is -0.479 e. The molecule has 0 radical (unpaired) electrons. The topological polar surface area (TPSA) is 88.6 Å². The highest BCUT2D eigenvalue weighted by atomic mass is 32.2. The molecule has 1 atom stereocenters. The number of nitrogens with zero attached hydrogens (tertiary/aromatic N) is 2. The molecule has 31 heavy (non-hydrogen) atoms. The Bertz CT molecular complexity index is 1190. The number of sulfonamides is 1. The van der Waals surface area contributed by atoms with Gasteiger partial charge in [-0.1, -0.05) is 38.1 Å². The summed E-state index contributed by atoms with van der Waals surface area (Å²) < 4.78 is 33.1. The highest BCUT2D eigenvalue weighted by molar-refractivity contribution is 7.89. The quantitative estimate of drug-likeness (QED) is 0.571. The summed E-state index contributed by atoms with van der Waals surface area (Å²) in [5.41, 5.74) is 1.69. The van der Waals surface area contributed by atoms with Crippen molar-refractivity contribution in [2.45, 2.75) is 38.7 Å². The zero-order valence-electron chi connectivity index (χ0n) is 18.1. The van der Waals surface area contributed by atoms with Crippen molar-refractivity contribution in [1.29, 1.82) is 0 Å². The minimum atomic E-state index is -3.64. The third kappa shape index (κ3) is 4.86. The van der Waals surface area contributed by atoms with E-state index in [1.807, 2.05) is 24.3 Å². The van der Waals surface area contributed by atoms with Crippen LogP contribution in [0.2, 0.25) is 0 Å². The second-order valence-corrected chi connectivity index (χ2v) is 9.06. The van der Waals surface area contributed by atoms with Gasteiger partial charge in [0.25, 0.3) is 5.91 Å². The van der Waals surface area contributed by atoms with Crippen LogP contribution < -0.4 is 10.1 Å². The maximum atomic E-state index is 12.9. The molecule has 164 valence electrons. The molecule has 0 aliphatic carbocycles. The van der Waals surface area contributed by atoms with Gasteiger partial charge in [0.05, 0.1) is 4.90 Å². The Balaban J connectivity index is 1.80. The van der Waals surface area contributed by atoms with Crippen LogP contribution in [0.15, 0.2) is 59.6 Å². The molecule has 0 saturated carbocycles. The molecule has 1 aromatic heterocycles. The van der Waals surface area contributed by atoms with Crippen molar-refractivity contribution in [2.24, 2.45) is 0 Å². The second-order valence-electron chi connectivity index (χ2n) is 7.15. The number of hydrogen-bond acceptors (Lipinski definition) is 5. The fourth-order valence-electron chi connectivity index (χ4n) is 3.32. The van der Waals surface area contributed by atoms with E-state index in [-0.39, 0.29) is 10.8 Å². The highest BCUT2D eigenvalue weighted by Gasteiger charge is 2.24. The van der Waals surface area contributed by atoms with Crippen molar-refractivity contribution in [3.05, 3.63) is 60.3 Å². The standard InChI is InChI=1S/C23H27N3O4S/c1-5-26(6-2)31(28,29)21-15-19(13-12-16(21)3)25-23(27)17(4)30-20-11-7-9-18-10-8-14-24-22(18)20/h7-15,17H,5-6H2,1-4H3,(H,25,27)/t17-/m0/s1. The van der Waals surface area contributed by atoms with E-state index < -0.39 is 16.1 Å². The van der Waals surface area contributed by atoms with Crippen LogP contribution in [0.1, 0.15) is 26.3 Å². The van der Waals surface area contributed by atoms with Gasteiger partial charge in [-0.15, -0.1) is 0 Å². The zero-order chi connectivity index (χ0) is 22.6. The third-order valence-corrected chi connectivity index (χ3v) is 7.24. The molecule has 1 heterocycles. The molecule has 1 amide bonds. The normalized spacial score (nSPS) is 12.7. The summed E-state index contributed by atoms with van der Waals surface area (Å²) in [6, 6.07) is 14.1. The maximum Gasteiger partial charge on any atom is 0.265 e. The summed E-state index contributed by atoms with van der Waals surface area (Å²) in [5, 5.41) is 3.67. The second kappa shape index (κ2) is 9.45. The summed E-state index contributed by atoms with van der Waals surface area (Å²) in [4.78, 5) is 17.2. The van der Waals surface area contributed by atoms with Gasteiger partial charge in [0.15, 0.2) is 6.10 Å². The number of pyridine rings is 1. The van der Waals surface area contributed by atoms with E-state index in [0.29, 0.717) is 35.6 Å². The van der Waals surface area contributed by atoms with Crippen molar-refractivity contribution < 1.29 is 17.9 Å². The number of carbonyl (C=O) groups is 1. The molecule has 0 saturated heterocycles. The van der Waals surface area contributed by atoms with E-state index in [9.17, 15) is 13.2 Å². The van der Waals surface area contributed by atoms with Gasteiger partial charge in [0.2, 0.25) is 10.0 Å². The molecule has 0 aliphatic rings. The number of ether oxygens (including phenoxy) is 1. The minimum absolute atomic E-state index is 0.181. The number of rotatable bonds is 8. The molecule has 3 rings (SSSR count). The van der Waals surface area contributed by atoms with E-state index in [0.717, 1.165) is 5.39 Å². The lowest BCUT2D eigenvalue weighted by molar-refractivity contribution is -0.122. The number of hydrogen-bond donors (Lipinski definition) is 1. The average Bonchev–Trinajstić information content (AvgIpc) is 2.75. The summed E-state index contributed by atoms with van der Waals surface area (Å²) in [6.07, 6.45) is 0.862. The number of benzene rings is 2. The van der Waals surface area contributed by atoms with Crippen molar-refractivity contribution in [2.75, 3.05) is 18.4 Å². The Labute approximate surface area is 183 Å². The Kier molecular flexibility index (Phi) is 6.92. The van der Waals surface area contributed by atoms with Gasteiger partial charge >= 0.3 is 0 Å². The van der Waals surface area contributed by atoms with Crippen LogP contribution in [0.3, 0.4) is 0 Å². The first-order valence-corrected chi connectivity index (χ1v) is 11.6.